The summed E-state index contributed by atoms with van der Waals surface area (Å²) in [5.74, 6) is -1.62. The fraction of sp³-hybridized carbons (Fsp3) is 0.345. The molecule has 206 valence electrons. The van der Waals surface area contributed by atoms with Gasteiger partial charge >= 0.3 is 6.09 Å². The van der Waals surface area contributed by atoms with E-state index >= 15 is 4.39 Å². The Bertz CT molecular complexity index is 1330. The van der Waals surface area contributed by atoms with Gasteiger partial charge in [0.1, 0.15) is 17.5 Å². The molecule has 4 rings (SSSR count). The Kier molecular flexibility index (Phi) is 8.44. The molecule has 8 nitrogen and oxygen atoms in total. The maximum atomic E-state index is 15.4. The third-order valence-electron chi connectivity index (χ3n) is 7.24. The van der Waals surface area contributed by atoms with Crippen LogP contribution in [0, 0.1) is 24.5 Å². The van der Waals surface area contributed by atoms with Crippen LogP contribution in [0.3, 0.4) is 0 Å². The molecule has 3 aromatic rings. The molecule has 10 heteroatoms. The molecular weight excluding hydrogens is 506 g/mol. The Morgan fingerprint density at radius 2 is 2.00 bits per heavy atom. The fourth-order valence-corrected chi connectivity index (χ4v) is 5.44. The Hall–Kier alpha value is -4.05. The van der Waals surface area contributed by atoms with Crippen LogP contribution in [-0.2, 0) is 5.60 Å². The molecule has 1 aliphatic rings. The normalized spacial score (nSPS) is 16.9. The largest absolute Gasteiger partial charge is 0.465 e. The van der Waals surface area contributed by atoms with Crippen LogP contribution < -0.4 is 11.1 Å². The van der Waals surface area contributed by atoms with Gasteiger partial charge in [0.05, 0.1) is 11.2 Å². The first-order valence-corrected chi connectivity index (χ1v) is 12.8. The summed E-state index contributed by atoms with van der Waals surface area (Å²) in [6.45, 7) is 2.43. The lowest BCUT2D eigenvalue weighted by Gasteiger charge is -2.43. The number of halogens is 2. The molecule has 5 N–H and O–H groups in total. The smallest absolute Gasteiger partial charge is 0.404 e. The predicted octanol–water partition coefficient (Wildman–Crippen LogP) is 4.71. The van der Waals surface area contributed by atoms with Crippen LogP contribution in [0.1, 0.15) is 47.2 Å². The van der Waals surface area contributed by atoms with E-state index in [1.165, 1.54) is 30.5 Å². The first-order valence-electron chi connectivity index (χ1n) is 12.8. The molecule has 0 aliphatic carbocycles. The number of nitrogens with one attached hydrogen (secondary N) is 1. The number of amides is 2. The van der Waals surface area contributed by atoms with Crippen molar-refractivity contribution in [2.45, 2.75) is 38.2 Å². The van der Waals surface area contributed by atoms with Crippen molar-refractivity contribution in [2.75, 3.05) is 25.4 Å². The van der Waals surface area contributed by atoms with E-state index in [4.69, 9.17) is 10.8 Å². The Morgan fingerprint density at radius 3 is 2.69 bits per heavy atom. The first kappa shape index (κ1) is 28.0. The number of nitrogen functional groups attached to an aromatic ring is 1. The maximum absolute atomic E-state index is 15.4. The Labute approximate surface area is 225 Å². The van der Waals surface area contributed by atoms with Crippen LogP contribution in [0.25, 0.3) is 11.1 Å². The molecular formula is C29H32F2N4O4. The van der Waals surface area contributed by atoms with Crippen molar-refractivity contribution >= 4 is 17.8 Å². The van der Waals surface area contributed by atoms with Gasteiger partial charge in [0.2, 0.25) is 0 Å². The molecule has 2 heterocycles. The summed E-state index contributed by atoms with van der Waals surface area (Å²) in [4.78, 5) is 29.9. The van der Waals surface area contributed by atoms with E-state index in [1.54, 1.807) is 36.1 Å². The number of anilines is 1. The number of likely N-dealkylation sites (tertiary alicyclic amines) is 1. The van der Waals surface area contributed by atoms with Crippen molar-refractivity contribution in [2.24, 2.45) is 5.92 Å². The number of piperidine rings is 1. The van der Waals surface area contributed by atoms with Crippen molar-refractivity contribution in [1.29, 1.82) is 0 Å². The summed E-state index contributed by atoms with van der Waals surface area (Å²) < 4.78 is 29.8. The summed E-state index contributed by atoms with van der Waals surface area (Å²) in [5, 5.41) is 23.7. The standard InChI is InChI=1S/C29H32F2N4O4/c1-18-13-20(15-22(30)14-18)26-23(6-2-7-24(26)31)29(39,10-4-11-33-28(37)38)21-5-3-12-35(17-21)27(36)19-8-9-25(32)34-16-19/h2,6-9,13-16,21,33,39H,3-5,10-12,17H2,1H3,(H2,32,34)(H,37,38). The van der Waals surface area contributed by atoms with Gasteiger partial charge in [0.15, 0.2) is 0 Å². The third-order valence-corrected chi connectivity index (χ3v) is 7.24. The minimum Gasteiger partial charge on any atom is -0.465 e. The number of rotatable bonds is 8. The number of benzene rings is 2. The van der Waals surface area contributed by atoms with Crippen LogP contribution in [-0.4, -0.2) is 51.7 Å². The second-order valence-corrected chi connectivity index (χ2v) is 10.0. The van der Waals surface area contributed by atoms with E-state index in [1.807, 2.05) is 0 Å². The van der Waals surface area contributed by atoms with Gasteiger partial charge in [-0.1, -0.05) is 18.2 Å². The van der Waals surface area contributed by atoms with Crippen LogP contribution >= 0.6 is 0 Å². The fourth-order valence-electron chi connectivity index (χ4n) is 5.44. The third kappa shape index (κ3) is 6.34. The van der Waals surface area contributed by atoms with Crippen LogP contribution in [0.15, 0.2) is 54.7 Å². The summed E-state index contributed by atoms with van der Waals surface area (Å²) in [6, 6.07) is 11.7. The summed E-state index contributed by atoms with van der Waals surface area (Å²) in [6.07, 6.45) is 1.71. The monoisotopic (exact) mass is 538 g/mol. The number of hydrogen-bond donors (Lipinski definition) is 4. The van der Waals surface area contributed by atoms with E-state index in [9.17, 15) is 19.1 Å². The van der Waals surface area contributed by atoms with E-state index in [2.05, 4.69) is 10.3 Å². The van der Waals surface area contributed by atoms with E-state index in [0.29, 0.717) is 41.9 Å². The molecule has 0 radical (unpaired) electrons. The molecule has 1 saturated heterocycles. The molecule has 39 heavy (non-hydrogen) atoms. The average Bonchev–Trinajstić information content (AvgIpc) is 2.90. The topological polar surface area (TPSA) is 129 Å². The number of carbonyl (C=O) groups is 2. The lowest BCUT2D eigenvalue weighted by Crippen LogP contribution is -2.48. The predicted molar refractivity (Wildman–Crippen MR) is 143 cm³/mol. The van der Waals surface area contributed by atoms with Gasteiger partial charge < -0.3 is 26.2 Å². The van der Waals surface area contributed by atoms with Gasteiger partial charge in [-0.15, -0.1) is 0 Å². The van der Waals surface area contributed by atoms with Crippen molar-refractivity contribution in [3.8, 4) is 11.1 Å². The number of nitrogens with two attached hydrogens (primary N) is 1. The Morgan fingerprint density at radius 1 is 1.21 bits per heavy atom. The van der Waals surface area contributed by atoms with E-state index < -0.39 is 29.2 Å². The highest BCUT2D eigenvalue weighted by Gasteiger charge is 2.43. The zero-order valence-corrected chi connectivity index (χ0v) is 21.7. The highest BCUT2D eigenvalue weighted by Crippen LogP contribution is 2.44. The van der Waals surface area contributed by atoms with Crippen molar-refractivity contribution in [3.05, 3.63) is 83.1 Å². The SMILES string of the molecule is Cc1cc(F)cc(-c2c(F)cccc2C(O)(CCCNC(=O)O)C2CCCN(C(=O)c3ccc(N)nc3)C2)c1. The molecule has 1 fully saturated rings. The summed E-state index contributed by atoms with van der Waals surface area (Å²) in [5.41, 5.74) is 5.62. The first-order chi connectivity index (χ1) is 18.6. The number of pyridine rings is 1. The Balaban J connectivity index is 1.74. The van der Waals surface area contributed by atoms with Gasteiger partial charge in [-0.2, -0.15) is 0 Å². The van der Waals surface area contributed by atoms with Crippen molar-refractivity contribution in [1.82, 2.24) is 15.2 Å². The number of aromatic nitrogens is 1. The lowest BCUT2D eigenvalue weighted by atomic mass is 9.72. The van der Waals surface area contributed by atoms with Crippen molar-refractivity contribution in [3.63, 3.8) is 0 Å². The molecule has 1 aliphatic heterocycles. The highest BCUT2D eigenvalue weighted by atomic mass is 19.1. The zero-order valence-electron chi connectivity index (χ0n) is 21.7. The minimum absolute atomic E-state index is 0.0772. The maximum Gasteiger partial charge on any atom is 0.404 e. The van der Waals surface area contributed by atoms with Gasteiger partial charge in [0.25, 0.3) is 5.91 Å². The molecule has 2 unspecified atom stereocenters. The van der Waals surface area contributed by atoms with Crippen LogP contribution in [0.5, 0.6) is 0 Å². The lowest BCUT2D eigenvalue weighted by molar-refractivity contribution is -0.0564. The molecule has 0 saturated carbocycles. The second kappa shape index (κ2) is 11.8. The average molecular weight is 539 g/mol. The van der Waals surface area contributed by atoms with Gasteiger partial charge in [-0.05, 0) is 79.6 Å². The van der Waals surface area contributed by atoms with Crippen LogP contribution in [0.4, 0.5) is 19.4 Å². The molecule has 2 amide bonds. The highest BCUT2D eigenvalue weighted by molar-refractivity contribution is 5.94. The van der Waals surface area contributed by atoms with Gasteiger partial charge in [0, 0.05) is 37.3 Å². The van der Waals surface area contributed by atoms with E-state index in [-0.39, 0.29) is 43.0 Å². The van der Waals surface area contributed by atoms with E-state index in [0.717, 1.165) is 0 Å². The molecule has 2 atom stereocenters. The zero-order chi connectivity index (χ0) is 28.2. The molecule has 1 aromatic heterocycles. The minimum atomic E-state index is -1.64. The second-order valence-electron chi connectivity index (χ2n) is 10.0. The molecule has 2 aromatic carbocycles. The summed E-state index contributed by atoms with van der Waals surface area (Å²) >= 11 is 0. The van der Waals surface area contributed by atoms with Gasteiger partial charge in [-0.25, -0.2) is 18.6 Å². The number of aliphatic hydroxyl groups is 1. The van der Waals surface area contributed by atoms with Crippen molar-refractivity contribution < 1.29 is 28.6 Å². The molecule has 0 bridgehead atoms. The quantitative estimate of drug-likeness (QED) is 0.308. The number of hydrogen-bond acceptors (Lipinski definition) is 5. The number of nitrogens with zero attached hydrogens (tertiary/aromatic N) is 2. The number of carboxylic acid groups (broad SMARTS) is 1. The number of aryl methyl sites for hydroxylation is 1. The van der Waals surface area contributed by atoms with Gasteiger partial charge in [-0.3, -0.25) is 4.79 Å². The summed E-state index contributed by atoms with van der Waals surface area (Å²) in [7, 11) is 0. The molecule has 0 spiro atoms. The number of carbonyl (C=O) groups excluding carboxylic acids is 1. The van der Waals surface area contributed by atoms with Crippen LogP contribution in [0.2, 0.25) is 0 Å².